The average molecular weight is 593 g/mol. The smallest absolute Gasteiger partial charge is 0.254 e. The molecule has 0 aliphatic carbocycles. The number of aromatic nitrogens is 1. The van der Waals surface area contributed by atoms with Crippen molar-refractivity contribution in [3.05, 3.63) is 105 Å². The maximum Gasteiger partial charge on any atom is 0.254 e. The zero-order valence-electron chi connectivity index (χ0n) is 24.5. The fourth-order valence-corrected chi connectivity index (χ4v) is 5.28. The fraction of sp³-hybridized carbons (Fsp3) is 0.353. The van der Waals surface area contributed by atoms with Crippen LogP contribution in [0.25, 0.3) is 10.9 Å². The molecule has 0 aliphatic heterocycles. The first-order valence-electron chi connectivity index (χ1n) is 14.1. The van der Waals surface area contributed by atoms with E-state index in [0.717, 1.165) is 27.6 Å². The van der Waals surface area contributed by atoms with Crippen molar-refractivity contribution in [2.75, 3.05) is 19.6 Å². The molecular formula is C34H39Cl2N3O2. The van der Waals surface area contributed by atoms with Gasteiger partial charge in [0.2, 0.25) is 5.91 Å². The van der Waals surface area contributed by atoms with Crippen LogP contribution in [0.1, 0.15) is 61.7 Å². The third-order valence-electron chi connectivity index (χ3n) is 7.23. The van der Waals surface area contributed by atoms with E-state index < -0.39 is 0 Å². The van der Waals surface area contributed by atoms with Crippen LogP contribution in [0.3, 0.4) is 0 Å². The summed E-state index contributed by atoms with van der Waals surface area (Å²) < 4.78 is 0. The van der Waals surface area contributed by atoms with E-state index in [1.807, 2.05) is 59.6 Å². The molecule has 4 aromatic rings. The van der Waals surface area contributed by atoms with Gasteiger partial charge in [-0.05, 0) is 64.8 Å². The second-order valence-corrected chi connectivity index (χ2v) is 12.9. The lowest BCUT2D eigenvalue weighted by atomic mass is 9.86. The Morgan fingerprint density at radius 1 is 0.902 bits per heavy atom. The van der Waals surface area contributed by atoms with E-state index in [1.165, 1.54) is 0 Å². The number of amides is 2. The fourth-order valence-electron chi connectivity index (χ4n) is 4.96. The van der Waals surface area contributed by atoms with Gasteiger partial charge in [-0.1, -0.05) is 94.2 Å². The molecule has 4 rings (SSSR count). The van der Waals surface area contributed by atoms with Crippen molar-refractivity contribution >= 4 is 45.9 Å². The molecule has 0 fully saturated rings. The summed E-state index contributed by atoms with van der Waals surface area (Å²) in [6.07, 6.45) is 2.67. The molecule has 0 bridgehead atoms. The van der Waals surface area contributed by atoms with Crippen molar-refractivity contribution in [3.8, 4) is 0 Å². The number of carbonyl (C=O) groups excluding carboxylic acids is 2. The van der Waals surface area contributed by atoms with Gasteiger partial charge in [-0.3, -0.25) is 9.59 Å². The van der Waals surface area contributed by atoms with Crippen LogP contribution in [0.2, 0.25) is 10.0 Å². The Kier molecular flexibility index (Phi) is 9.83. The van der Waals surface area contributed by atoms with Crippen molar-refractivity contribution in [2.24, 2.45) is 5.92 Å². The van der Waals surface area contributed by atoms with Crippen LogP contribution in [0, 0.1) is 5.92 Å². The number of hydrogen-bond donors (Lipinski definition) is 1. The third kappa shape index (κ3) is 7.93. The number of rotatable bonds is 10. The second-order valence-electron chi connectivity index (χ2n) is 12.1. The van der Waals surface area contributed by atoms with Crippen molar-refractivity contribution in [2.45, 2.75) is 53.0 Å². The molecule has 41 heavy (non-hydrogen) atoms. The highest BCUT2D eigenvalue weighted by molar-refractivity contribution is 6.42. The lowest BCUT2D eigenvalue weighted by molar-refractivity contribution is -0.132. The highest BCUT2D eigenvalue weighted by Gasteiger charge is 2.24. The molecule has 2 amide bonds. The molecule has 0 saturated carbocycles. The van der Waals surface area contributed by atoms with Gasteiger partial charge in [0, 0.05) is 42.3 Å². The average Bonchev–Trinajstić information content (AvgIpc) is 3.34. The summed E-state index contributed by atoms with van der Waals surface area (Å²) >= 11 is 12.4. The molecule has 0 unspecified atom stereocenters. The molecule has 1 aromatic heterocycles. The Morgan fingerprint density at radius 3 is 2.27 bits per heavy atom. The normalized spacial score (nSPS) is 11.7. The van der Waals surface area contributed by atoms with Crippen LogP contribution in [0.4, 0.5) is 0 Å². The van der Waals surface area contributed by atoms with E-state index in [0.29, 0.717) is 41.7 Å². The van der Waals surface area contributed by atoms with E-state index in [1.54, 1.807) is 17.0 Å². The van der Waals surface area contributed by atoms with Gasteiger partial charge in [-0.15, -0.1) is 0 Å². The highest BCUT2D eigenvalue weighted by Crippen LogP contribution is 2.25. The number of H-pyrrole nitrogens is 1. The quantitative estimate of drug-likeness (QED) is 0.202. The molecule has 0 aliphatic rings. The number of hydrogen-bond acceptors (Lipinski definition) is 2. The number of para-hydroxylation sites is 1. The predicted octanol–water partition coefficient (Wildman–Crippen LogP) is 8.14. The molecule has 0 saturated heterocycles. The van der Waals surface area contributed by atoms with Gasteiger partial charge in [-0.2, -0.15) is 0 Å². The van der Waals surface area contributed by atoms with Gasteiger partial charge in [-0.25, -0.2) is 0 Å². The van der Waals surface area contributed by atoms with Gasteiger partial charge in [0.25, 0.3) is 5.91 Å². The first kappa shape index (κ1) is 30.7. The minimum absolute atomic E-state index is 0.00670. The summed E-state index contributed by atoms with van der Waals surface area (Å²) in [5.41, 5.74) is 4.82. The molecule has 1 heterocycles. The topological polar surface area (TPSA) is 56.4 Å². The minimum atomic E-state index is -0.140. The first-order chi connectivity index (χ1) is 19.4. The number of halogens is 2. The Hall–Kier alpha value is -3.28. The summed E-state index contributed by atoms with van der Waals surface area (Å²) in [6, 6.07) is 21.3. The van der Waals surface area contributed by atoms with Crippen LogP contribution in [0.5, 0.6) is 0 Å². The lowest BCUT2D eigenvalue weighted by Crippen LogP contribution is -2.44. The number of benzene rings is 3. The van der Waals surface area contributed by atoms with Crippen LogP contribution < -0.4 is 0 Å². The van der Waals surface area contributed by atoms with Gasteiger partial charge in [0.05, 0.1) is 10.0 Å². The Balaban J connectivity index is 1.57. The first-order valence-corrected chi connectivity index (χ1v) is 14.8. The van der Waals surface area contributed by atoms with Crippen LogP contribution in [0.15, 0.2) is 72.9 Å². The molecule has 7 heteroatoms. The Morgan fingerprint density at radius 2 is 1.61 bits per heavy atom. The van der Waals surface area contributed by atoms with Crippen LogP contribution >= 0.6 is 23.2 Å². The van der Waals surface area contributed by atoms with E-state index in [4.69, 9.17) is 23.2 Å². The van der Waals surface area contributed by atoms with E-state index in [-0.39, 0.29) is 29.7 Å². The number of nitrogens with one attached hydrogen (secondary N) is 1. The van der Waals surface area contributed by atoms with Crippen molar-refractivity contribution in [1.82, 2.24) is 14.8 Å². The third-order valence-corrected chi connectivity index (χ3v) is 7.97. The van der Waals surface area contributed by atoms with Gasteiger partial charge in [0.1, 0.15) is 6.54 Å². The molecular weight excluding hydrogens is 553 g/mol. The molecule has 0 spiro atoms. The molecule has 5 nitrogen and oxygen atoms in total. The minimum Gasteiger partial charge on any atom is -0.361 e. The maximum atomic E-state index is 13.9. The SMILES string of the molecule is CC(C)CN(CC(=O)N(CCc1c[nH]c2ccccc12)Cc1ccc(Cl)c(Cl)c1)C(=O)c1ccc(C(C)(C)C)cc1. The van der Waals surface area contributed by atoms with E-state index >= 15 is 0 Å². The van der Waals surface area contributed by atoms with E-state index in [9.17, 15) is 9.59 Å². The van der Waals surface area contributed by atoms with Gasteiger partial charge < -0.3 is 14.8 Å². The molecule has 3 aromatic carbocycles. The van der Waals surface area contributed by atoms with Gasteiger partial charge >= 0.3 is 0 Å². The number of aromatic amines is 1. The summed E-state index contributed by atoms with van der Waals surface area (Å²) in [7, 11) is 0. The highest BCUT2D eigenvalue weighted by atomic mass is 35.5. The number of carbonyl (C=O) groups is 2. The van der Waals surface area contributed by atoms with Crippen molar-refractivity contribution in [1.29, 1.82) is 0 Å². The summed E-state index contributed by atoms with van der Waals surface area (Å²) in [5, 5.41) is 2.06. The van der Waals surface area contributed by atoms with Crippen LogP contribution in [-0.2, 0) is 23.2 Å². The van der Waals surface area contributed by atoms with Crippen molar-refractivity contribution in [3.63, 3.8) is 0 Å². The predicted molar refractivity (Wildman–Crippen MR) is 170 cm³/mol. The summed E-state index contributed by atoms with van der Waals surface area (Å²) in [5.74, 6) is -0.0507. The molecule has 1 N–H and O–H groups in total. The number of nitrogens with zero attached hydrogens (tertiary/aromatic N) is 2. The van der Waals surface area contributed by atoms with Crippen molar-refractivity contribution < 1.29 is 9.59 Å². The summed E-state index contributed by atoms with van der Waals surface area (Å²) in [4.78, 5) is 34.4. The molecule has 0 radical (unpaired) electrons. The lowest BCUT2D eigenvalue weighted by Gasteiger charge is -2.29. The standard InChI is InChI=1S/C34H39Cl2N3O2/c1-23(2)20-39(33(41)25-11-13-27(14-12-25)34(3,4)5)22-32(40)38(21-24-10-15-29(35)30(36)18-24)17-16-26-19-37-31-9-7-6-8-28(26)31/h6-15,18-19,23,37H,16-17,20-22H2,1-5H3. The molecule has 0 atom stereocenters. The monoisotopic (exact) mass is 591 g/mol. The zero-order valence-corrected chi connectivity index (χ0v) is 26.0. The van der Waals surface area contributed by atoms with Crippen LogP contribution in [-0.4, -0.2) is 46.2 Å². The van der Waals surface area contributed by atoms with Gasteiger partial charge in [0.15, 0.2) is 0 Å². The Bertz CT molecular complexity index is 1500. The largest absolute Gasteiger partial charge is 0.361 e. The summed E-state index contributed by atoms with van der Waals surface area (Å²) in [6.45, 7) is 11.9. The second kappa shape index (κ2) is 13.1. The zero-order chi connectivity index (χ0) is 29.7. The Labute approximate surface area is 253 Å². The maximum absolute atomic E-state index is 13.9. The van der Waals surface area contributed by atoms with E-state index in [2.05, 4.69) is 45.7 Å². The number of fused-ring (bicyclic) bond motifs is 1. The molecule has 216 valence electrons.